The van der Waals surface area contributed by atoms with Gasteiger partial charge in [0.25, 0.3) is 0 Å². The molecule has 4 heteroatoms. The van der Waals surface area contributed by atoms with Gasteiger partial charge in [-0.25, -0.2) is 4.39 Å². The monoisotopic (exact) mass is 300 g/mol. The minimum absolute atomic E-state index is 0.213. The molecule has 0 radical (unpaired) electrons. The lowest BCUT2D eigenvalue weighted by molar-refractivity contribution is 0.226. The van der Waals surface area contributed by atoms with Crippen LogP contribution in [0.2, 0.25) is 0 Å². The molecule has 1 N–H and O–H groups in total. The van der Waals surface area contributed by atoms with Crippen molar-refractivity contribution in [2.75, 3.05) is 32.0 Å². The van der Waals surface area contributed by atoms with Gasteiger partial charge in [-0.05, 0) is 73.0 Å². The van der Waals surface area contributed by atoms with Crippen LogP contribution in [-0.2, 0) is 0 Å². The summed E-state index contributed by atoms with van der Waals surface area (Å²) < 4.78 is 13.6. The molecule has 0 bridgehead atoms. The Morgan fingerprint density at radius 3 is 2.76 bits per heavy atom. The van der Waals surface area contributed by atoms with Crippen LogP contribution in [0, 0.1) is 11.7 Å². The smallest absolute Gasteiger partial charge is 0.137 e. The van der Waals surface area contributed by atoms with E-state index < -0.39 is 0 Å². The molecule has 2 nitrogen and oxygen atoms in total. The van der Waals surface area contributed by atoms with Crippen LogP contribution in [0.1, 0.15) is 12.8 Å². The number of hydrogen-bond donors (Lipinski definition) is 1. The number of halogens is 2. The highest BCUT2D eigenvalue weighted by Crippen LogP contribution is 2.21. The molecule has 0 saturated carbocycles. The molecule has 0 aromatic heterocycles. The van der Waals surface area contributed by atoms with Gasteiger partial charge in [0.1, 0.15) is 5.82 Å². The van der Waals surface area contributed by atoms with Crippen molar-refractivity contribution in [2.24, 2.45) is 5.92 Å². The molecular formula is C13H18BrFN2. The second-order valence-corrected chi connectivity index (χ2v) is 5.61. The molecular weight excluding hydrogens is 283 g/mol. The maximum absolute atomic E-state index is 13.1. The number of nitrogens with one attached hydrogen (secondary N) is 1. The predicted molar refractivity (Wildman–Crippen MR) is 72.8 cm³/mol. The third-order valence-electron chi connectivity index (χ3n) is 3.35. The van der Waals surface area contributed by atoms with Gasteiger partial charge in [-0.2, -0.15) is 0 Å². The van der Waals surface area contributed by atoms with Gasteiger partial charge in [0.2, 0.25) is 0 Å². The van der Waals surface area contributed by atoms with Crippen molar-refractivity contribution in [3.8, 4) is 0 Å². The Hall–Kier alpha value is -0.610. The van der Waals surface area contributed by atoms with Crippen LogP contribution in [0.25, 0.3) is 0 Å². The number of nitrogens with zero attached hydrogens (tertiary/aromatic N) is 1. The molecule has 17 heavy (non-hydrogen) atoms. The summed E-state index contributed by atoms with van der Waals surface area (Å²) >= 11 is 3.20. The summed E-state index contributed by atoms with van der Waals surface area (Å²) in [6, 6.07) is 5.07. The van der Waals surface area contributed by atoms with E-state index in [1.54, 1.807) is 12.1 Å². The Morgan fingerprint density at radius 1 is 1.41 bits per heavy atom. The van der Waals surface area contributed by atoms with Crippen LogP contribution in [-0.4, -0.2) is 31.6 Å². The zero-order chi connectivity index (χ0) is 12.3. The number of rotatable bonds is 3. The van der Waals surface area contributed by atoms with E-state index in [4.69, 9.17) is 0 Å². The highest BCUT2D eigenvalue weighted by molar-refractivity contribution is 9.10. The Bertz CT molecular complexity index is 376. The van der Waals surface area contributed by atoms with E-state index in [9.17, 15) is 4.39 Å². The maximum Gasteiger partial charge on any atom is 0.137 e. The lowest BCUT2D eigenvalue weighted by Crippen LogP contribution is -2.32. The second kappa shape index (κ2) is 5.83. The third kappa shape index (κ3) is 3.68. The van der Waals surface area contributed by atoms with Crippen molar-refractivity contribution >= 4 is 21.6 Å². The lowest BCUT2D eigenvalue weighted by atomic mass is 9.97. The summed E-state index contributed by atoms with van der Waals surface area (Å²) in [4.78, 5) is 2.37. The van der Waals surface area contributed by atoms with Gasteiger partial charge in [0.15, 0.2) is 0 Å². The fourth-order valence-electron chi connectivity index (χ4n) is 2.13. The Balaban J connectivity index is 1.83. The molecule has 2 rings (SSSR count). The largest absolute Gasteiger partial charge is 0.385 e. The molecule has 1 aromatic rings. The number of likely N-dealkylation sites (tertiary alicyclic amines) is 1. The summed E-state index contributed by atoms with van der Waals surface area (Å²) in [5, 5.41) is 3.38. The van der Waals surface area contributed by atoms with E-state index in [0.717, 1.165) is 18.2 Å². The van der Waals surface area contributed by atoms with Crippen LogP contribution in [0.15, 0.2) is 22.7 Å². The van der Waals surface area contributed by atoms with Gasteiger partial charge in [0.05, 0.1) is 4.47 Å². The van der Waals surface area contributed by atoms with Gasteiger partial charge in [-0.15, -0.1) is 0 Å². The fourth-order valence-corrected chi connectivity index (χ4v) is 2.51. The first-order valence-corrected chi connectivity index (χ1v) is 6.82. The zero-order valence-corrected chi connectivity index (χ0v) is 11.6. The van der Waals surface area contributed by atoms with Gasteiger partial charge in [-0.1, -0.05) is 0 Å². The fraction of sp³-hybridized carbons (Fsp3) is 0.538. The summed E-state index contributed by atoms with van der Waals surface area (Å²) in [7, 11) is 2.17. The Labute approximate surface area is 110 Å². The predicted octanol–water partition coefficient (Wildman–Crippen LogP) is 3.34. The number of hydrogen-bond acceptors (Lipinski definition) is 2. The molecule has 1 saturated heterocycles. The molecule has 0 atom stereocenters. The molecule has 1 fully saturated rings. The second-order valence-electron chi connectivity index (χ2n) is 4.76. The van der Waals surface area contributed by atoms with Crippen LogP contribution < -0.4 is 5.32 Å². The summed E-state index contributed by atoms with van der Waals surface area (Å²) in [5.41, 5.74) is 0.984. The number of piperidine rings is 1. The average Bonchev–Trinajstić information content (AvgIpc) is 2.33. The topological polar surface area (TPSA) is 15.3 Å². The average molecular weight is 301 g/mol. The van der Waals surface area contributed by atoms with Crippen molar-refractivity contribution in [2.45, 2.75) is 12.8 Å². The number of benzene rings is 1. The summed E-state index contributed by atoms with van der Waals surface area (Å²) in [6.07, 6.45) is 2.48. The van der Waals surface area contributed by atoms with Crippen molar-refractivity contribution in [1.82, 2.24) is 4.90 Å². The normalized spacial score (nSPS) is 18.3. The van der Waals surface area contributed by atoms with E-state index in [1.807, 2.05) is 0 Å². The molecule has 94 valence electrons. The molecule has 0 unspecified atom stereocenters. The minimum Gasteiger partial charge on any atom is -0.385 e. The maximum atomic E-state index is 13.1. The van der Waals surface area contributed by atoms with Crippen LogP contribution in [0.5, 0.6) is 0 Å². The molecule has 0 aliphatic carbocycles. The van der Waals surface area contributed by atoms with Crippen LogP contribution in [0.3, 0.4) is 0 Å². The zero-order valence-electron chi connectivity index (χ0n) is 10.0. The first-order valence-electron chi connectivity index (χ1n) is 6.02. The molecule has 1 aliphatic rings. The van der Waals surface area contributed by atoms with Gasteiger partial charge >= 0.3 is 0 Å². The van der Waals surface area contributed by atoms with Gasteiger partial charge in [-0.3, -0.25) is 0 Å². The van der Waals surface area contributed by atoms with Crippen molar-refractivity contribution in [3.05, 3.63) is 28.5 Å². The minimum atomic E-state index is -0.213. The molecule has 1 aromatic carbocycles. The molecule has 0 amide bonds. The van der Waals surface area contributed by atoms with Crippen molar-refractivity contribution in [1.29, 1.82) is 0 Å². The highest BCUT2D eigenvalue weighted by atomic mass is 79.9. The standard InChI is InChI=1S/C13H18BrFN2/c1-17-6-4-10(5-7-17)9-16-11-2-3-13(15)12(14)8-11/h2-3,8,10,16H,4-7,9H2,1H3. The molecule has 1 aliphatic heterocycles. The quantitative estimate of drug-likeness (QED) is 0.921. The SMILES string of the molecule is CN1CCC(CNc2ccc(F)c(Br)c2)CC1. The lowest BCUT2D eigenvalue weighted by Gasteiger charge is -2.29. The third-order valence-corrected chi connectivity index (χ3v) is 3.96. The Morgan fingerprint density at radius 2 is 2.12 bits per heavy atom. The Kier molecular flexibility index (Phi) is 4.40. The first-order chi connectivity index (χ1) is 8.15. The highest BCUT2D eigenvalue weighted by Gasteiger charge is 2.16. The van der Waals surface area contributed by atoms with Crippen molar-refractivity contribution < 1.29 is 4.39 Å². The number of anilines is 1. The van der Waals surface area contributed by atoms with E-state index >= 15 is 0 Å². The molecule has 0 spiro atoms. The summed E-state index contributed by atoms with van der Waals surface area (Å²) in [5.74, 6) is 0.518. The summed E-state index contributed by atoms with van der Waals surface area (Å²) in [6.45, 7) is 3.34. The van der Waals surface area contributed by atoms with E-state index in [0.29, 0.717) is 4.47 Å². The first kappa shape index (κ1) is 12.8. The van der Waals surface area contributed by atoms with Crippen LogP contribution >= 0.6 is 15.9 Å². The van der Waals surface area contributed by atoms with E-state index in [1.165, 1.54) is 32.0 Å². The van der Waals surface area contributed by atoms with Crippen molar-refractivity contribution in [3.63, 3.8) is 0 Å². The van der Waals surface area contributed by atoms with Gasteiger partial charge in [0, 0.05) is 12.2 Å². The molecule has 1 heterocycles. The van der Waals surface area contributed by atoms with E-state index in [2.05, 4.69) is 33.2 Å². The van der Waals surface area contributed by atoms with E-state index in [-0.39, 0.29) is 5.82 Å². The van der Waals surface area contributed by atoms with Crippen LogP contribution in [0.4, 0.5) is 10.1 Å². The van der Waals surface area contributed by atoms with Gasteiger partial charge < -0.3 is 10.2 Å².